The zero-order valence-corrected chi connectivity index (χ0v) is 42.2. The van der Waals surface area contributed by atoms with Gasteiger partial charge in [0.25, 0.3) is 5.91 Å². The Morgan fingerprint density at radius 3 is 2.17 bits per heavy atom. The van der Waals surface area contributed by atoms with Gasteiger partial charge in [-0.2, -0.15) is 0 Å². The lowest BCUT2D eigenvalue weighted by Gasteiger charge is -2.36. The van der Waals surface area contributed by atoms with Gasteiger partial charge in [0.1, 0.15) is 24.0 Å². The predicted molar refractivity (Wildman–Crippen MR) is 260 cm³/mol. The fraction of sp³-hybridized carbons (Fsp3) is 0.608. The number of nitrogens with one attached hydrogen (secondary N) is 3. The second kappa shape index (κ2) is 31.4. The number of hydrogen-bond donors (Lipinski definition) is 5. The number of carbonyl (C=O) groups excluding carboxylic acids is 7. The normalized spacial score (nSPS) is 14.9. The number of methoxy groups -OCH3 is 2. The van der Waals surface area contributed by atoms with Gasteiger partial charge in [-0.05, 0) is 74.3 Å². The number of ether oxygens (including phenoxy) is 6. The first kappa shape index (κ1) is 59.3. The van der Waals surface area contributed by atoms with Gasteiger partial charge in [0, 0.05) is 56.8 Å². The van der Waals surface area contributed by atoms with E-state index >= 15 is 0 Å². The number of likely N-dealkylation sites (tertiary alicyclic amines) is 1. The first-order chi connectivity index (χ1) is 33.9. The largest absolute Gasteiger partial charge is 0.493 e. The van der Waals surface area contributed by atoms with Crippen LogP contribution in [-0.2, 0) is 70.1 Å². The molecule has 1 saturated heterocycles. The van der Waals surface area contributed by atoms with E-state index in [-0.39, 0.29) is 109 Å². The Morgan fingerprint density at radius 2 is 1.49 bits per heavy atom. The standard InChI is InChI=1S/C51H75N5O15/c1-7-51(3,4)47(62)49(64)56-22-9-8-13-40(56)50(65)71-41(17-14-35-15-18-42(66-5)43(32-35)67-6)37-12-10-11-36(30-37)31-38(57)16-19-44(58)53-21-24-69-26-28-70-27-25-68-23-20-45(59)54-33-39(52)48(63)55-34(2)29-46(60)61/h10-12,15,18,30,32,34,39-41H,7-9,13-14,16-17,19-29,31,33,52H2,1-6H3,(H,53,58)(H,54,59)(H,55,63)(H,60,61)/t34-,39+,40?,41?/m0/s1. The number of benzene rings is 2. The van der Waals surface area contributed by atoms with Crippen LogP contribution >= 0.6 is 0 Å². The van der Waals surface area contributed by atoms with E-state index in [0.717, 1.165) is 5.56 Å². The van der Waals surface area contributed by atoms with Crippen molar-refractivity contribution in [1.82, 2.24) is 20.9 Å². The van der Waals surface area contributed by atoms with Crippen molar-refractivity contribution in [3.8, 4) is 11.5 Å². The number of carboxylic acid groups (broad SMARTS) is 1. The number of amides is 4. The number of aliphatic carboxylic acids is 1. The maximum Gasteiger partial charge on any atom is 0.329 e. The number of aryl methyl sites for hydroxylation is 1. The van der Waals surface area contributed by atoms with Crippen molar-refractivity contribution < 1.29 is 71.9 Å². The minimum absolute atomic E-state index is 0.0103. The molecule has 71 heavy (non-hydrogen) atoms. The highest BCUT2D eigenvalue weighted by Crippen LogP contribution is 2.32. The average molecular weight is 998 g/mol. The van der Waals surface area contributed by atoms with Gasteiger partial charge in [0.2, 0.25) is 23.5 Å². The molecule has 0 radical (unpaired) electrons. The number of esters is 1. The lowest BCUT2D eigenvalue weighted by molar-refractivity contribution is -0.164. The maximum absolute atomic E-state index is 14.0. The lowest BCUT2D eigenvalue weighted by atomic mass is 9.84. The summed E-state index contributed by atoms with van der Waals surface area (Å²) in [7, 11) is 3.10. The molecular formula is C51H75N5O15. The number of carboxylic acids is 1. The van der Waals surface area contributed by atoms with E-state index in [1.807, 2.05) is 31.2 Å². The second-order valence-corrected chi connectivity index (χ2v) is 18.0. The van der Waals surface area contributed by atoms with Crippen molar-refractivity contribution in [2.75, 3.05) is 73.5 Å². The molecule has 2 aromatic carbocycles. The Kier molecular flexibility index (Phi) is 26.2. The summed E-state index contributed by atoms with van der Waals surface area (Å²) in [5, 5.41) is 16.5. The molecule has 1 aliphatic heterocycles. The number of piperidine rings is 1. The van der Waals surface area contributed by atoms with Gasteiger partial charge in [-0.15, -0.1) is 0 Å². The fourth-order valence-corrected chi connectivity index (χ4v) is 7.44. The number of nitrogens with zero attached hydrogens (tertiary/aromatic N) is 1. The van der Waals surface area contributed by atoms with E-state index in [1.54, 1.807) is 53.2 Å². The van der Waals surface area contributed by atoms with Crippen molar-refractivity contribution in [1.29, 1.82) is 0 Å². The summed E-state index contributed by atoms with van der Waals surface area (Å²) in [5.41, 5.74) is 7.13. The van der Waals surface area contributed by atoms with E-state index in [4.69, 9.17) is 39.3 Å². The number of nitrogens with two attached hydrogens (primary N) is 1. The zero-order valence-electron chi connectivity index (χ0n) is 42.2. The van der Waals surface area contributed by atoms with E-state index < -0.39 is 59.2 Å². The third kappa shape index (κ3) is 21.5. The van der Waals surface area contributed by atoms with Gasteiger partial charge in [-0.3, -0.25) is 33.6 Å². The number of rotatable bonds is 34. The van der Waals surface area contributed by atoms with Crippen LogP contribution in [0.4, 0.5) is 0 Å². The molecule has 0 saturated carbocycles. The number of ketones is 2. The molecular weight excluding hydrogens is 923 g/mol. The lowest BCUT2D eigenvalue weighted by Crippen LogP contribution is -2.53. The maximum atomic E-state index is 14.0. The van der Waals surface area contributed by atoms with Crippen molar-refractivity contribution in [3.05, 3.63) is 59.2 Å². The summed E-state index contributed by atoms with van der Waals surface area (Å²) in [4.78, 5) is 103. The molecule has 4 amide bonds. The van der Waals surface area contributed by atoms with Crippen LogP contribution < -0.4 is 31.2 Å². The molecule has 0 spiro atoms. The van der Waals surface area contributed by atoms with Crippen molar-refractivity contribution in [2.45, 2.75) is 123 Å². The first-order valence-electron chi connectivity index (χ1n) is 24.3. The van der Waals surface area contributed by atoms with E-state index in [9.17, 15) is 38.4 Å². The van der Waals surface area contributed by atoms with Crippen LogP contribution in [0.1, 0.15) is 108 Å². The van der Waals surface area contributed by atoms with Gasteiger partial charge < -0.3 is 60.1 Å². The van der Waals surface area contributed by atoms with Crippen LogP contribution in [0.2, 0.25) is 0 Å². The monoisotopic (exact) mass is 998 g/mol. The summed E-state index contributed by atoms with van der Waals surface area (Å²) < 4.78 is 33.5. The molecule has 1 fully saturated rings. The van der Waals surface area contributed by atoms with Gasteiger partial charge in [-0.1, -0.05) is 51.1 Å². The highest BCUT2D eigenvalue weighted by Gasteiger charge is 2.41. The van der Waals surface area contributed by atoms with E-state index in [1.165, 1.54) is 4.90 Å². The Morgan fingerprint density at radius 1 is 0.817 bits per heavy atom. The quantitative estimate of drug-likeness (QED) is 0.0383. The van der Waals surface area contributed by atoms with Gasteiger partial charge in [0.05, 0.1) is 60.3 Å². The summed E-state index contributed by atoms with van der Waals surface area (Å²) >= 11 is 0. The SMILES string of the molecule is CCC(C)(C)C(=O)C(=O)N1CCCCC1C(=O)OC(CCc1ccc(OC)c(OC)c1)c1cccc(CC(=O)CCC(=O)NCCOCCOCCOCCC(=O)NC[C@@H](N)C(=O)N[C@@H](C)CC(=O)O)c1. The molecule has 0 aromatic heterocycles. The topological polar surface area (TPSA) is 278 Å². The minimum Gasteiger partial charge on any atom is -0.493 e. The van der Waals surface area contributed by atoms with E-state index in [0.29, 0.717) is 61.2 Å². The molecule has 394 valence electrons. The summed E-state index contributed by atoms with van der Waals surface area (Å²) in [6, 6.07) is 10.2. The molecule has 2 unspecified atom stereocenters. The van der Waals surface area contributed by atoms with Gasteiger partial charge >= 0.3 is 11.9 Å². The molecule has 2 aromatic rings. The average Bonchev–Trinajstić information content (AvgIpc) is 3.35. The van der Waals surface area contributed by atoms with Crippen molar-refractivity contribution >= 4 is 47.1 Å². The number of carbonyl (C=O) groups is 8. The Hall–Kier alpha value is -5.96. The molecule has 20 nitrogen and oxygen atoms in total. The minimum atomic E-state index is -1.05. The molecule has 1 heterocycles. The third-order valence-corrected chi connectivity index (χ3v) is 12.0. The van der Waals surface area contributed by atoms with Gasteiger partial charge in [-0.25, -0.2) is 4.79 Å². The zero-order chi connectivity index (χ0) is 52.3. The molecule has 0 aliphatic carbocycles. The van der Waals surface area contributed by atoms with Crippen LogP contribution in [0.5, 0.6) is 11.5 Å². The molecule has 4 atom stereocenters. The Bertz CT molecular complexity index is 2080. The summed E-state index contributed by atoms with van der Waals surface area (Å²) in [6.07, 6.45) is 2.15. The van der Waals surface area contributed by atoms with E-state index in [2.05, 4.69) is 16.0 Å². The molecule has 1 aliphatic rings. The van der Waals surface area contributed by atoms with Gasteiger partial charge in [0.15, 0.2) is 11.5 Å². The summed E-state index contributed by atoms with van der Waals surface area (Å²) in [5.74, 6) is -3.11. The first-order valence-corrected chi connectivity index (χ1v) is 24.3. The van der Waals surface area contributed by atoms with Crippen LogP contribution in [0.3, 0.4) is 0 Å². The fourth-order valence-electron chi connectivity index (χ4n) is 7.44. The third-order valence-electron chi connectivity index (χ3n) is 12.0. The van der Waals surface area contributed by atoms with Crippen molar-refractivity contribution in [3.63, 3.8) is 0 Å². The Balaban J connectivity index is 1.41. The summed E-state index contributed by atoms with van der Waals surface area (Å²) in [6.45, 7) is 8.65. The molecule has 20 heteroatoms. The number of hydrogen-bond acceptors (Lipinski definition) is 15. The number of Topliss-reactive ketones (excluding diaryl/α,β-unsaturated/α-hetero) is 2. The van der Waals surface area contributed by atoms with Crippen LogP contribution in [-0.4, -0.2) is 149 Å². The highest BCUT2D eigenvalue weighted by atomic mass is 16.6. The molecule has 3 rings (SSSR count). The second-order valence-electron chi connectivity index (χ2n) is 18.0. The highest BCUT2D eigenvalue weighted by molar-refractivity contribution is 6.38. The molecule has 0 bridgehead atoms. The van der Waals surface area contributed by atoms with Crippen LogP contribution in [0, 0.1) is 5.41 Å². The Labute approximate surface area is 416 Å². The predicted octanol–water partition coefficient (Wildman–Crippen LogP) is 3.18. The smallest absolute Gasteiger partial charge is 0.329 e. The van der Waals surface area contributed by atoms with Crippen LogP contribution in [0.15, 0.2) is 42.5 Å². The molecule has 6 N–H and O–H groups in total. The van der Waals surface area contributed by atoms with Crippen LogP contribution in [0.25, 0.3) is 0 Å². The van der Waals surface area contributed by atoms with Crippen molar-refractivity contribution in [2.24, 2.45) is 11.1 Å².